The summed E-state index contributed by atoms with van der Waals surface area (Å²) in [5.74, 6) is -2.96. The number of carbonyl (C=O) groups is 3. The lowest BCUT2D eigenvalue weighted by Crippen LogP contribution is -2.32. The van der Waals surface area contributed by atoms with E-state index < -0.39 is 23.6 Å². The van der Waals surface area contributed by atoms with Gasteiger partial charge in [0.15, 0.2) is 0 Å². The van der Waals surface area contributed by atoms with Gasteiger partial charge in [-0.25, -0.2) is 9.18 Å². The maximum atomic E-state index is 13.9. The molecule has 0 spiro atoms. The highest BCUT2D eigenvalue weighted by molar-refractivity contribution is 6.21. The van der Waals surface area contributed by atoms with Crippen LogP contribution in [0.25, 0.3) is 0 Å². The van der Waals surface area contributed by atoms with Crippen molar-refractivity contribution in [2.45, 2.75) is 6.61 Å². The van der Waals surface area contributed by atoms with Gasteiger partial charge in [-0.05, 0) is 30.3 Å². The summed E-state index contributed by atoms with van der Waals surface area (Å²) in [6.07, 6.45) is 0. The maximum absolute atomic E-state index is 13.9. The number of fused-ring (bicyclic) bond motifs is 1. The van der Waals surface area contributed by atoms with Crippen molar-refractivity contribution >= 4 is 17.8 Å². The molecule has 1 aliphatic rings. The minimum Gasteiger partial charge on any atom is -0.382 e. The molecule has 140 valence electrons. The molecule has 0 saturated carbocycles. The second-order valence-corrected chi connectivity index (χ2v) is 5.68. The van der Waals surface area contributed by atoms with Gasteiger partial charge in [-0.15, -0.1) is 0 Å². The molecule has 8 heteroatoms. The third kappa shape index (κ3) is 3.86. The van der Waals surface area contributed by atoms with Crippen molar-refractivity contribution in [3.05, 3.63) is 70.5 Å². The number of carbonyl (C=O) groups excluding carboxylic acids is 3. The average molecular weight is 373 g/mol. The number of hydrogen-bond acceptors (Lipinski definition) is 6. The lowest BCUT2D eigenvalue weighted by Gasteiger charge is -2.13. The quantitative estimate of drug-likeness (QED) is 0.547. The lowest BCUT2D eigenvalue weighted by atomic mass is 10.1. The first-order chi connectivity index (χ1) is 13.0. The van der Waals surface area contributed by atoms with E-state index in [0.717, 1.165) is 6.07 Å². The molecule has 0 fully saturated rings. The summed E-state index contributed by atoms with van der Waals surface area (Å²) in [6.45, 7) is 0.548. The van der Waals surface area contributed by atoms with E-state index in [9.17, 15) is 18.8 Å². The molecule has 0 N–H and O–H groups in total. The van der Waals surface area contributed by atoms with Crippen LogP contribution >= 0.6 is 0 Å². The summed E-state index contributed by atoms with van der Waals surface area (Å²) in [5.41, 5.74) is 0.435. The van der Waals surface area contributed by atoms with Crippen LogP contribution in [0.1, 0.15) is 36.6 Å². The molecule has 2 aromatic rings. The van der Waals surface area contributed by atoms with Gasteiger partial charge >= 0.3 is 5.97 Å². The standard InChI is InChI=1S/C19H16FNO6/c1-25-8-9-26-11-13-10-12(6-7-16(13)20)19(24)27-21-17(22)14-4-2-3-5-15(14)18(21)23/h2-7,10H,8-9,11H2,1H3. The van der Waals surface area contributed by atoms with Crippen LogP contribution in [0.3, 0.4) is 0 Å². The Kier molecular flexibility index (Phi) is 5.58. The molecular weight excluding hydrogens is 357 g/mol. The largest absolute Gasteiger partial charge is 0.382 e. The van der Waals surface area contributed by atoms with Crippen LogP contribution in [0.15, 0.2) is 42.5 Å². The Morgan fingerprint density at radius 1 is 1.04 bits per heavy atom. The highest BCUT2D eigenvalue weighted by Crippen LogP contribution is 2.23. The first-order valence-corrected chi connectivity index (χ1v) is 8.08. The van der Waals surface area contributed by atoms with Crippen LogP contribution in [0.2, 0.25) is 0 Å². The van der Waals surface area contributed by atoms with Crippen molar-refractivity contribution in [1.29, 1.82) is 0 Å². The molecule has 0 bridgehead atoms. The Morgan fingerprint density at radius 3 is 2.33 bits per heavy atom. The number of rotatable bonds is 7. The topological polar surface area (TPSA) is 82.1 Å². The second kappa shape index (κ2) is 8.07. The van der Waals surface area contributed by atoms with Crippen molar-refractivity contribution in [3.63, 3.8) is 0 Å². The minimum atomic E-state index is -0.956. The number of ether oxygens (including phenoxy) is 2. The van der Waals surface area contributed by atoms with Crippen LogP contribution in [-0.2, 0) is 20.9 Å². The molecule has 0 aliphatic carbocycles. The summed E-state index contributed by atoms with van der Waals surface area (Å²) in [4.78, 5) is 41.8. The molecule has 27 heavy (non-hydrogen) atoms. The Balaban J connectivity index is 1.72. The highest BCUT2D eigenvalue weighted by Gasteiger charge is 2.38. The van der Waals surface area contributed by atoms with Gasteiger partial charge in [0.25, 0.3) is 11.8 Å². The molecule has 0 aromatic heterocycles. The molecule has 2 amide bonds. The summed E-state index contributed by atoms with van der Waals surface area (Å²) < 4.78 is 23.9. The number of nitrogens with zero attached hydrogens (tertiary/aromatic N) is 1. The average Bonchev–Trinajstić information content (AvgIpc) is 2.91. The van der Waals surface area contributed by atoms with Crippen LogP contribution < -0.4 is 0 Å². The van der Waals surface area contributed by atoms with Gasteiger partial charge in [0.2, 0.25) is 0 Å². The van der Waals surface area contributed by atoms with Crippen molar-refractivity contribution < 1.29 is 33.1 Å². The maximum Gasteiger partial charge on any atom is 0.363 e. The molecule has 0 saturated heterocycles. The Bertz CT molecular complexity index is 863. The third-order valence-corrected chi connectivity index (χ3v) is 3.90. The number of hydrogen-bond donors (Lipinski definition) is 0. The fourth-order valence-corrected chi connectivity index (χ4v) is 2.52. The van der Waals surface area contributed by atoms with Crippen LogP contribution in [0, 0.1) is 5.82 Å². The fraction of sp³-hybridized carbons (Fsp3) is 0.211. The first kappa shape index (κ1) is 18.7. The zero-order chi connectivity index (χ0) is 19.4. The summed E-state index contributed by atoms with van der Waals surface area (Å²) >= 11 is 0. The number of hydroxylamine groups is 2. The highest BCUT2D eigenvalue weighted by atomic mass is 19.1. The van der Waals surface area contributed by atoms with Gasteiger partial charge in [-0.3, -0.25) is 9.59 Å². The van der Waals surface area contributed by atoms with Gasteiger partial charge in [0.05, 0.1) is 36.5 Å². The van der Waals surface area contributed by atoms with E-state index in [1.165, 1.54) is 31.4 Å². The monoisotopic (exact) mass is 373 g/mol. The van der Waals surface area contributed by atoms with E-state index in [0.29, 0.717) is 11.7 Å². The normalized spacial score (nSPS) is 13.0. The van der Waals surface area contributed by atoms with Crippen molar-refractivity contribution in [2.75, 3.05) is 20.3 Å². The molecule has 3 rings (SSSR count). The summed E-state index contributed by atoms with van der Waals surface area (Å²) in [7, 11) is 1.51. The van der Waals surface area contributed by atoms with E-state index >= 15 is 0 Å². The van der Waals surface area contributed by atoms with Crippen molar-refractivity contribution in [1.82, 2.24) is 5.06 Å². The van der Waals surface area contributed by atoms with Crippen LogP contribution in [0.4, 0.5) is 4.39 Å². The van der Waals surface area contributed by atoms with E-state index in [4.69, 9.17) is 14.3 Å². The SMILES string of the molecule is COCCOCc1cc(C(=O)ON2C(=O)c3ccccc3C2=O)ccc1F. The van der Waals surface area contributed by atoms with Gasteiger partial charge in [-0.1, -0.05) is 17.2 Å². The van der Waals surface area contributed by atoms with E-state index in [1.54, 1.807) is 12.1 Å². The van der Waals surface area contributed by atoms with Crippen LogP contribution in [0.5, 0.6) is 0 Å². The zero-order valence-corrected chi connectivity index (χ0v) is 14.4. The van der Waals surface area contributed by atoms with Crippen LogP contribution in [-0.4, -0.2) is 43.2 Å². The smallest absolute Gasteiger partial charge is 0.363 e. The lowest BCUT2D eigenvalue weighted by molar-refractivity contribution is -0.0584. The van der Waals surface area contributed by atoms with E-state index in [1.807, 2.05) is 0 Å². The molecule has 1 aliphatic heterocycles. The zero-order valence-electron chi connectivity index (χ0n) is 14.4. The number of imide groups is 1. The van der Waals surface area contributed by atoms with Crippen molar-refractivity contribution in [3.8, 4) is 0 Å². The number of halogens is 1. The summed E-state index contributed by atoms with van der Waals surface area (Å²) in [6, 6.07) is 9.69. The Hall–Kier alpha value is -3.10. The third-order valence-electron chi connectivity index (χ3n) is 3.90. The fourth-order valence-electron chi connectivity index (χ4n) is 2.52. The molecular formula is C19H16FNO6. The predicted octanol–water partition coefficient (Wildman–Crippen LogP) is 2.36. The van der Waals surface area contributed by atoms with Gasteiger partial charge in [0, 0.05) is 12.7 Å². The summed E-state index contributed by atoms with van der Waals surface area (Å²) in [5, 5.41) is 0.408. The second-order valence-electron chi connectivity index (χ2n) is 5.68. The molecule has 0 unspecified atom stereocenters. The minimum absolute atomic E-state index is 0.0155. The number of methoxy groups -OCH3 is 1. The Labute approximate surface area is 154 Å². The first-order valence-electron chi connectivity index (χ1n) is 8.08. The van der Waals surface area contributed by atoms with Crippen molar-refractivity contribution in [2.24, 2.45) is 0 Å². The molecule has 7 nitrogen and oxygen atoms in total. The van der Waals surface area contributed by atoms with Gasteiger partial charge in [-0.2, -0.15) is 0 Å². The van der Waals surface area contributed by atoms with Gasteiger partial charge in [0.1, 0.15) is 5.82 Å². The predicted molar refractivity (Wildman–Crippen MR) is 90.3 cm³/mol. The van der Waals surface area contributed by atoms with E-state index in [2.05, 4.69) is 0 Å². The molecule has 0 radical (unpaired) electrons. The van der Waals surface area contributed by atoms with Gasteiger partial charge < -0.3 is 14.3 Å². The molecule has 1 heterocycles. The van der Waals surface area contributed by atoms with E-state index in [-0.39, 0.29) is 35.5 Å². The molecule has 2 aromatic carbocycles. The Morgan fingerprint density at radius 2 is 1.70 bits per heavy atom. The molecule has 0 atom stereocenters. The number of amides is 2. The number of benzene rings is 2.